The number of ether oxygens (including phenoxy) is 1. The minimum atomic E-state index is -0.612. The minimum Gasteiger partial charge on any atom is -0.445 e. The molecule has 166 valence electrons. The Bertz CT molecular complexity index is 1270. The zero-order valence-corrected chi connectivity index (χ0v) is 18.5. The van der Waals surface area contributed by atoms with E-state index in [1.165, 1.54) is 17.5 Å². The highest BCUT2D eigenvalue weighted by molar-refractivity contribution is 7.22. The Balaban J connectivity index is 1.44. The third kappa shape index (κ3) is 5.47. The molecule has 4 rings (SSSR count). The summed E-state index contributed by atoms with van der Waals surface area (Å²) in [6, 6.07) is 22.9. The number of carbonyl (C=O) groups is 1. The molecule has 1 amide bonds. The summed E-state index contributed by atoms with van der Waals surface area (Å²) < 4.78 is 6.06. The Hall–Kier alpha value is -3.93. The molecule has 3 N–H and O–H groups in total. The fraction of sp³-hybridized carbons (Fsp3) is 0.160. The van der Waals surface area contributed by atoms with Crippen molar-refractivity contribution in [2.75, 3.05) is 18.5 Å². The number of nitrogens with one attached hydrogen (secondary N) is 2. The highest BCUT2D eigenvalue weighted by Crippen LogP contribution is 2.37. The standard InChI is InChI=1S/C25H22N4O3S/c26-12-19-13-27-24(21-11-22(33-23(19)21)18-9-5-2-6-10-18)28-14-20(15-30)29-25(31)32-16-17-7-3-1-4-8-17/h1-11,13,20,30H,14-16H2,(H,27,28)(H,29,31)/t20-/m0/s1. The van der Waals surface area contributed by atoms with Gasteiger partial charge in [-0.15, -0.1) is 11.3 Å². The van der Waals surface area contributed by atoms with Crippen molar-refractivity contribution in [3.8, 4) is 16.5 Å². The van der Waals surface area contributed by atoms with Gasteiger partial charge in [0, 0.05) is 23.0 Å². The van der Waals surface area contributed by atoms with E-state index in [-0.39, 0.29) is 19.8 Å². The van der Waals surface area contributed by atoms with Crippen LogP contribution in [0, 0.1) is 11.3 Å². The second kappa shape index (κ2) is 10.6. The number of aromatic nitrogens is 1. The smallest absolute Gasteiger partial charge is 0.407 e. The lowest BCUT2D eigenvalue weighted by molar-refractivity contribution is 0.130. The number of benzene rings is 2. The molecule has 33 heavy (non-hydrogen) atoms. The largest absolute Gasteiger partial charge is 0.445 e. The predicted molar refractivity (Wildman–Crippen MR) is 129 cm³/mol. The molecule has 2 aromatic heterocycles. The average molecular weight is 459 g/mol. The molecular formula is C25H22N4O3S. The van der Waals surface area contributed by atoms with E-state index in [1.54, 1.807) is 0 Å². The Morgan fingerprint density at radius 2 is 1.88 bits per heavy atom. The molecule has 0 radical (unpaired) electrons. The molecule has 0 aliphatic rings. The number of thiophene rings is 1. The number of rotatable bonds is 8. The molecule has 0 unspecified atom stereocenters. The molecule has 0 fully saturated rings. The van der Waals surface area contributed by atoms with Crippen molar-refractivity contribution < 1.29 is 14.6 Å². The van der Waals surface area contributed by atoms with Gasteiger partial charge in [0.05, 0.1) is 22.9 Å². The molecule has 7 nitrogen and oxygen atoms in total. The number of pyridine rings is 1. The molecular weight excluding hydrogens is 436 g/mol. The summed E-state index contributed by atoms with van der Waals surface area (Å²) in [5.74, 6) is 0.584. The van der Waals surface area contributed by atoms with Crippen LogP contribution in [0.3, 0.4) is 0 Å². The van der Waals surface area contributed by atoms with E-state index in [0.717, 1.165) is 26.1 Å². The Labute approximate surface area is 195 Å². The SMILES string of the molecule is N#Cc1cnc(NC[C@@H](CO)NC(=O)OCc2ccccc2)c2cc(-c3ccccc3)sc12. The van der Waals surface area contributed by atoms with Crippen LogP contribution in [0.15, 0.2) is 72.9 Å². The van der Waals surface area contributed by atoms with E-state index in [1.807, 2.05) is 66.7 Å². The molecule has 0 saturated carbocycles. The van der Waals surface area contributed by atoms with Crippen LogP contribution in [-0.4, -0.2) is 35.4 Å². The van der Waals surface area contributed by atoms with Crippen LogP contribution in [0.5, 0.6) is 0 Å². The molecule has 4 aromatic rings. The van der Waals surface area contributed by atoms with Crippen LogP contribution in [0.1, 0.15) is 11.1 Å². The van der Waals surface area contributed by atoms with Crippen molar-refractivity contribution >= 4 is 33.3 Å². The Kier molecular flexibility index (Phi) is 7.15. The molecule has 1 atom stereocenters. The van der Waals surface area contributed by atoms with Crippen LogP contribution in [0.2, 0.25) is 0 Å². The average Bonchev–Trinajstić information content (AvgIpc) is 3.32. The lowest BCUT2D eigenvalue weighted by atomic mass is 10.1. The highest BCUT2D eigenvalue weighted by Gasteiger charge is 2.16. The second-order valence-electron chi connectivity index (χ2n) is 7.32. The van der Waals surface area contributed by atoms with Crippen LogP contribution in [0.25, 0.3) is 20.5 Å². The number of anilines is 1. The van der Waals surface area contributed by atoms with Gasteiger partial charge in [0.25, 0.3) is 0 Å². The molecule has 8 heteroatoms. The van der Waals surface area contributed by atoms with Crippen molar-refractivity contribution in [2.45, 2.75) is 12.6 Å². The third-order valence-electron chi connectivity index (χ3n) is 5.00. The van der Waals surface area contributed by atoms with E-state index in [2.05, 4.69) is 21.7 Å². The number of fused-ring (bicyclic) bond motifs is 1. The fourth-order valence-electron chi connectivity index (χ4n) is 3.30. The van der Waals surface area contributed by atoms with Gasteiger partial charge in [0.15, 0.2) is 0 Å². The second-order valence-corrected chi connectivity index (χ2v) is 8.37. The quantitative estimate of drug-likeness (QED) is 0.358. The van der Waals surface area contributed by atoms with E-state index < -0.39 is 12.1 Å². The molecule has 0 aliphatic heterocycles. The first-order chi connectivity index (χ1) is 16.2. The summed E-state index contributed by atoms with van der Waals surface area (Å²) in [6.07, 6.45) is 0.922. The lowest BCUT2D eigenvalue weighted by Gasteiger charge is -2.17. The number of hydrogen-bond acceptors (Lipinski definition) is 7. The molecule has 2 heterocycles. The fourth-order valence-corrected chi connectivity index (χ4v) is 4.43. The number of nitriles is 1. The van der Waals surface area contributed by atoms with Crippen molar-refractivity contribution in [1.82, 2.24) is 10.3 Å². The maximum Gasteiger partial charge on any atom is 0.407 e. The van der Waals surface area contributed by atoms with Gasteiger partial charge in [0.2, 0.25) is 0 Å². The number of nitrogens with zero attached hydrogens (tertiary/aromatic N) is 2. The number of aliphatic hydroxyl groups excluding tert-OH is 1. The van der Waals surface area contributed by atoms with Crippen molar-refractivity contribution in [3.63, 3.8) is 0 Å². The number of alkyl carbamates (subject to hydrolysis) is 1. The lowest BCUT2D eigenvalue weighted by Crippen LogP contribution is -2.42. The van der Waals surface area contributed by atoms with Gasteiger partial charge in [-0.2, -0.15) is 5.26 Å². The van der Waals surface area contributed by atoms with Crippen LogP contribution >= 0.6 is 11.3 Å². The van der Waals surface area contributed by atoms with Gasteiger partial charge in [-0.05, 0) is 17.2 Å². The van der Waals surface area contributed by atoms with Crippen LogP contribution in [-0.2, 0) is 11.3 Å². The van der Waals surface area contributed by atoms with Crippen molar-refractivity contribution in [2.24, 2.45) is 0 Å². The molecule has 0 bridgehead atoms. The van der Waals surface area contributed by atoms with E-state index in [0.29, 0.717) is 11.4 Å². The van der Waals surface area contributed by atoms with Gasteiger partial charge in [-0.25, -0.2) is 9.78 Å². The molecule has 0 saturated heterocycles. The monoisotopic (exact) mass is 458 g/mol. The van der Waals surface area contributed by atoms with E-state index in [4.69, 9.17) is 4.74 Å². The first-order valence-corrected chi connectivity index (χ1v) is 11.2. The number of hydrogen-bond donors (Lipinski definition) is 3. The first kappa shape index (κ1) is 22.3. The number of carbonyl (C=O) groups excluding carboxylic acids is 1. The highest BCUT2D eigenvalue weighted by atomic mass is 32.1. The molecule has 2 aromatic carbocycles. The van der Waals surface area contributed by atoms with Crippen LogP contribution < -0.4 is 10.6 Å². The Morgan fingerprint density at radius 3 is 2.58 bits per heavy atom. The predicted octanol–water partition coefficient (Wildman–Crippen LogP) is 4.53. The van der Waals surface area contributed by atoms with Crippen molar-refractivity contribution in [1.29, 1.82) is 5.26 Å². The summed E-state index contributed by atoms with van der Waals surface area (Å²) in [5.41, 5.74) is 2.44. The van der Waals surface area contributed by atoms with Gasteiger partial charge in [-0.3, -0.25) is 0 Å². The Morgan fingerprint density at radius 1 is 1.15 bits per heavy atom. The molecule has 0 aliphatic carbocycles. The van der Waals surface area contributed by atoms with Gasteiger partial charge in [-0.1, -0.05) is 60.7 Å². The van der Waals surface area contributed by atoms with Crippen molar-refractivity contribution in [3.05, 3.63) is 84.1 Å². The third-order valence-corrected chi connectivity index (χ3v) is 6.22. The number of aliphatic hydroxyl groups is 1. The van der Waals surface area contributed by atoms with E-state index in [9.17, 15) is 15.2 Å². The maximum absolute atomic E-state index is 12.1. The van der Waals surface area contributed by atoms with Gasteiger partial charge in [0.1, 0.15) is 18.5 Å². The topological polar surface area (TPSA) is 107 Å². The zero-order valence-electron chi connectivity index (χ0n) is 17.7. The van der Waals surface area contributed by atoms with Crippen LogP contribution in [0.4, 0.5) is 10.6 Å². The number of amides is 1. The zero-order chi connectivity index (χ0) is 23.0. The normalized spacial score (nSPS) is 11.5. The summed E-state index contributed by atoms with van der Waals surface area (Å²) in [5, 5.41) is 25.9. The summed E-state index contributed by atoms with van der Waals surface area (Å²) in [7, 11) is 0. The summed E-state index contributed by atoms with van der Waals surface area (Å²) >= 11 is 1.53. The summed E-state index contributed by atoms with van der Waals surface area (Å²) in [4.78, 5) is 17.6. The van der Waals surface area contributed by atoms with Gasteiger partial charge >= 0.3 is 6.09 Å². The van der Waals surface area contributed by atoms with E-state index >= 15 is 0 Å². The molecule has 0 spiro atoms. The maximum atomic E-state index is 12.1. The first-order valence-electron chi connectivity index (χ1n) is 10.4. The summed E-state index contributed by atoms with van der Waals surface area (Å²) in [6.45, 7) is 0.112. The minimum absolute atomic E-state index is 0.146. The van der Waals surface area contributed by atoms with Gasteiger partial charge < -0.3 is 20.5 Å².